The Morgan fingerprint density at radius 1 is 1.19 bits per heavy atom. The number of nitrogens with zero attached hydrogens (tertiary/aromatic N) is 5. The van der Waals surface area contributed by atoms with Crippen molar-refractivity contribution in [3.05, 3.63) is 35.9 Å². The van der Waals surface area contributed by atoms with Crippen LogP contribution in [-0.4, -0.2) is 36.3 Å². The molecule has 1 saturated carbocycles. The molecule has 0 saturated heterocycles. The average Bonchev–Trinajstić information content (AvgIpc) is 3.39. The van der Waals surface area contributed by atoms with Crippen LogP contribution in [0.2, 0.25) is 0 Å². The van der Waals surface area contributed by atoms with Gasteiger partial charge in [-0.1, -0.05) is 32.1 Å². The van der Waals surface area contributed by atoms with Crippen molar-refractivity contribution in [1.82, 2.24) is 24.6 Å². The average molecular weight is 451 g/mol. The van der Waals surface area contributed by atoms with Crippen LogP contribution < -0.4 is 5.32 Å². The smallest absolute Gasteiger partial charge is 0.229 e. The summed E-state index contributed by atoms with van der Waals surface area (Å²) < 4.78 is 1.74. The highest BCUT2D eigenvalue weighted by atomic mass is 32.1. The van der Waals surface area contributed by atoms with Gasteiger partial charge in [-0.15, -0.1) is 0 Å². The van der Waals surface area contributed by atoms with Gasteiger partial charge in [0.25, 0.3) is 0 Å². The summed E-state index contributed by atoms with van der Waals surface area (Å²) in [7, 11) is 0. The first-order valence-corrected chi connectivity index (χ1v) is 11.8. The van der Waals surface area contributed by atoms with Gasteiger partial charge >= 0.3 is 0 Å². The minimum Gasteiger partial charge on any atom is -0.302 e. The van der Waals surface area contributed by atoms with Crippen molar-refractivity contribution in [2.24, 2.45) is 5.92 Å². The number of amides is 1. The molecule has 0 atom stereocenters. The number of hydrogen-bond acceptors (Lipinski definition) is 7. The fraction of sp³-hybridized carbons (Fsp3) is 0.391. The number of nitrogens with one attached hydrogen (secondary N) is 1. The van der Waals surface area contributed by atoms with Crippen molar-refractivity contribution in [1.29, 1.82) is 0 Å². The van der Waals surface area contributed by atoms with Gasteiger partial charge < -0.3 is 5.32 Å². The fourth-order valence-corrected chi connectivity index (χ4v) is 4.40. The Morgan fingerprint density at radius 2 is 1.97 bits per heavy atom. The molecular formula is C23H26N6O2S. The number of hydrogen-bond donors (Lipinski definition) is 1. The summed E-state index contributed by atoms with van der Waals surface area (Å²) in [5.74, 6) is 0.184. The third-order valence-corrected chi connectivity index (χ3v) is 6.20. The van der Waals surface area contributed by atoms with E-state index in [2.05, 4.69) is 25.4 Å². The Hall–Kier alpha value is -3.20. The Labute approximate surface area is 190 Å². The molecule has 8 nitrogen and oxygen atoms in total. The van der Waals surface area contributed by atoms with E-state index in [-0.39, 0.29) is 17.6 Å². The molecule has 4 aromatic rings. The molecule has 1 aliphatic carbocycles. The molecule has 4 heterocycles. The van der Waals surface area contributed by atoms with Crippen molar-refractivity contribution in [3.8, 4) is 11.1 Å². The van der Waals surface area contributed by atoms with E-state index in [1.54, 1.807) is 10.7 Å². The number of Topliss-reactive ketones (excluding diaryl/α,β-unsaturated/α-hetero) is 1. The SMILES string of the molecule is CC.CCCC(=O)c1cc(C)c(-c2cc3nc(NC(=O)C4CC4)sc3n3ncnc23)cn1. The lowest BCUT2D eigenvalue weighted by Crippen LogP contribution is -2.12. The van der Waals surface area contributed by atoms with E-state index in [0.29, 0.717) is 22.9 Å². The quantitative estimate of drug-likeness (QED) is 0.412. The molecule has 9 heteroatoms. The zero-order valence-electron chi connectivity index (χ0n) is 18.7. The van der Waals surface area contributed by atoms with Gasteiger partial charge in [0.1, 0.15) is 22.4 Å². The molecule has 1 aliphatic rings. The zero-order chi connectivity index (χ0) is 22.8. The summed E-state index contributed by atoms with van der Waals surface area (Å²) in [6, 6.07) is 3.77. The highest BCUT2D eigenvalue weighted by molar-refractivity contribution is 7.22. The molecule has 166 valence electrons. The summed E-state index contributed by atoms with van der Waals surface area (Å²) >= 11 is 1.38. The third kappa shape index (κ3) is 4.12. The van der Waals surface area contributed by atoms with Crippen LogP contribution in [0.25, 0.3) is 27.1 Å². The third-order valence-electron chi connectivity index (χ3n) is 5.24. The van der Waals surface area contributed by atoms with E-state index in [0.717, 1.165) is 46.3 Å². The molecule has 0 aliphatic heterocycles. The number of fused-ring (bicyclic) bond motifs is 3. The number of carbonyl (C=O) groups excluding carboxylic acids is 2. The minimum atomic E-state index is 0.0245. The molecule has 32 heavy (non-hydrogen) atoms. The van der Waals surface area contributed by atoms with Crippen molar-refractivity contribution in [2.75, 3.05) is 5.32 Å². The largest absolute Gasteiger partial charge is 0.302 e. The maximum Gasteiger partial charge on any atom is 0.229 e. The van der Waals surface area contributed by atoms with Crippen LogP contribution >= 0.6 is 11.3 Å². The standard InChI is InChI=1S/C21H20N6O2S.C2H6/c1-3-4-17(28)15-7-11(2)14(9-22-15)13-8-16-20(27-18(13)23-10-24-27)30-21(25-16)26-19(29)12-5-6-12;1-2/h7-10,12H,3-6H2,1-2H3,(H,25,26,29);1-2H3. The fourth-order valence-electron chi connectivity index (χ4n) is 3.49. The topological polar surface area (TPSA) is 102 Å². The van der Waals surface area contributed by atoms with Crippen LogP contribution in [0.1, 0.15) is 62.5 Å². The van der Waals surface area contributed by atoms with Gasteiger partial charge in [-0.25, -0.2) is 14.5 Å². The van der Waals surface area contributed by atoms with Gasteiger partial charge in [-0.3, -0.25) is 14.6 Å². The van der Waals surface area contributed by atoms with Gasteiger partial charge in [0.2, 0.25) is 5.91 Å². The van der Waals surface area contributed by atoms with Crippen LogP contribution in [0.5, 0.6) is 0 Å². The van der Waals surface area contributed by atoms with Crippen LogP contribution in [-0.2, 0) is 4.79 Å². The number of pyridine rings is 2. The monoisotopic (exact) mass is 450 g/mol. The second kappa shape index (κ2) is 9.12. The molecule has 0 unspecified atom stereocenters. The van der Waals surface area contributed by atoms with Crippen molar-refractivity contribution in [2.45, 2.75) is 53.4 Å². The predicted molar refractivity (Wildman–Crippen MR) is 126 cm³/mol. The number of aryl methyl sites for hydroxylation is 1. The molecule has 0 aromatic carbocycles. The molecule has 0 bridgehead atoms. The predicted octanol–water partition coefficient (Wildman–Crippen LogP) is 5.07. The summed E-state index contributed by atoms with van der Waals surface area (Å²) in [5.41, 5.74) is 4.54. The van der Waals surface area contributed by atoms with Gasteiger partial charge in [-0.2, -0.15) is 5.10 Å². The van der Waals surface area contributed by atoms with Gasteiger partial charge in [0.15, 0.2) is 16.6 Å². The normalized spacial score (nSPS) is 13.1. The van der Waals surface area contributed by atoms with Crippen molar-refractivity contribution in [3.63, 3.8) is 0 Å². The number of thiazole rings is 1. The Balaban J connectivity index is 0.00000119. The summed E-state index contributed by atoms with van der Waals surface area (Å²) in [6.07, 6.45) is 6.38. The number of anilines is 1. The van der Waals surface area contributed by atoms with E-state index in [4.69, 9.17) is 0 Å². The molecule has 1 amide bonds. The highest BCUT2D eigenvalue weighted by Crippen LogP contribution is 2.35. The number of carbonyl (C=O) groups is 2. The molecule has 5 rings (SSSR count). The van der Waals surface area contributed by atoms with E-state index in [1.165, 1.54) is 17.7 Å². The molecule has 0 spiro atoms. The molecule has 1 fully saturated rings. The number of ketones is 1. The van der Waals surface area contributed by atoms with E-state index in [1.807, 2.05) is 39.8 Å². The second-order valence-electron chi connectivity index (χ2n) is 7.58. The number of aromatic nitrogens is 5. The molecule has 4 aromatic heterocycles. The lowest BCUT2D eigenvalue weighted by atomic mass is 10.0. The van der Waals surface area contributed by atoms with Crippen LogP contribution in [0.3, 0.4) is 0 Å². The Morgan fingerprint density at radius 3 is 2.66 bits per heavy atom. The van der Waals surface area contributed by atoms with Crippen molar-refractivity contribution >= 4 is 44.2 Å². The van der Waals surface area contributed by atoms with E-state index in [9.17, 15) is 9.59 Å². The number of rotatable bonds is 6. The summed E-state index contributed by atoms with van der Waals surface area (Å²) in [4.78, 5) is 38.6. The van der Waals surface area contributed by atoms with Crippen LogP contribution in [0, 0.1) is 12.8 Å². The maximum atomic E-state index is 12.2. The molecular weight excluding hydrogens is 424 g/mol. The highest BCUT2D eigenvalue weighted by Gasteiger charge is 2.30. The maximum absolute atomic E-state index is 12.2. The van der Waals surface area contributed by atoms with Gasteiger partial charge in [-0.05, 0) is 43.9 Å². The first-order chi connectivity index (χ1) is 15.5. The van der Waals surface area contributed by atoms with Crippen LogP contribution in [0.15, 0.2) is 24.7 Å². The zero-order valence-corrected chi connectivity index (χ0v) is 19.5. The lowest BCUT2D eigenvalue weighted by Gasteiger charge is -2.09. The Kier molecular flexibility index (Phi) is 6.27. The van der Waals surface area contributed by atoms with Gasteiger partial charge in [0.05, 0.1) is 0 Å². The Bertz CT molecular complexity index is 1300. The first kappa shape index (κ1) is 22.0. The first-order valence-electron chi connectivity index (χ1n) is 11.0. The minimum absolute atomic E-state index is 0.0245. The second-order valence-corrected chi connectivity index (χ2v) is 8.56. The van der Waals surface area contributed by atoms with E-state index >= 15 is 0 Å². The molecule has 1 N–H and O–H groups in total. The summed E-state index contributed by atoms with van der Waals surface area (Å²) in [5, 5.41) is 7.83. The van der Waals surface area contributed by atoms with Crippen molar-refractivity contribution < 1.29 is 9.59 Å². The lowest BCUT2D eigenvalue weighted by molar-refractivity contribution is -0.117. The van der Waals surface area contributed by atoms with E-state index < -0.39 is 0 Å². The molecule has 0 radical (unpaired) electrons. The van der Waals surface area contributed by atoms with Gasteiger partial charge in [0, 0.05) is 29.7 Å². The van der Waals surface area contributed by atoms with Crippen LogP contribution in [0.4, 0.5) is 5.13 Å². The summed E-state index contributed by atoms with van der Waals surface area (Å²) in [6.45, 7) is 7.94.